The van der Waals surface area contributed by atoms with Gasteiger partial charge >= 0.3 is 17.9 Å². The highest BCUT2D eigenvalue weighted by atomic mass is 16.6. The van der Waals surface area contributed by atoms with Crippen LogP contribution >= 0.6 is 0 Å². The number of hydrogen-bond acceptors (Lipinski definition) is 6. The van der Waals surface area contributed by atoms with Crippen LogP contribution < -0.4 is 0 Å². The van der Waals surface area contributed by atoms with Gasteiger partial charge in [-0.1, -0.05) is 312 Å². The second-order valence-corrected chi connectivity index (χ2v) is 23.8. The maximum atomic E-state index is 12.9. The Morgan fingerprint density at radius 3 is 0.778 bits per heavy atom. The first-order valence-corrected chi connectivity index (χ1v) is 35.4. The summed E-state index contributed by atoms with van der Waals surface area (Å²) in [6.07, 6.45) is 91.0. The van der Waals surface area contributed by atoms with Crippen LogP contribution in [-0.4, -0.2) is 37.2 Å². The molecule has 0 radical (unpaired) electrons. The van der Waals surface area contributed by atoms with Gasteiger partial charge in [-0.3, -0.25) is 14.4 Å². The van der Waals surface area contributed by atoms with E-state index < -0.39 is 6.10 Å². The molecule has 0 amide bonds. The minimum atomic E-state index is -0.791. The summed E-state index contributed by atoms with van der Waals surface area (Å²) in [5.41, 5.74) is 0. The predicted octanol–water partition coefficient (Wildman–Crippen LogP) is 24.4. The van der Waals surface area contributed by atoms with Crippen molar-refractivity contribution in [2.75, 3.05) is 13.2 Å². The van der Waals surface area contributed by atoms with Crippen molar-refractivity contribution in [3.05, 3.63) is 72.9 Å². The lowest BCUT2D eigenvalue weighted by molar-refractivity contribution is -0.167. The van der Waals surface area contributed by atoms with Crippen molar-refractivity contribution in [1.29, 1.82) is 0 Å². The van der Waals surface area contributed by atoms with E-state index in [4.69, 9.17) is 14.2 Å². The minimum Gasteiger partial charge on any atom is -0.462 e. The Hall–Kier alpha value is -3.15. The fraction of sp³-hybridized carbons (Fsp3) is 0.800. The highest BCUT2D eigenvalue weighted by molar-refractivity contribution is 5.71. The molecule has 6 heteroatoms. The Bertz CT molecular complexity index is 1490. The quantitative estimate of drug-likeness (QED) is 0.0261. The number of carbonyl (C=O) groups excluding carboxylic acids is 3. The fourth-order valence-electron chi connectivity index (χ4n) is 10.4. The van der Waals surface area contributed by atoms with E-state index in [-0.39, 0.29) is 31.1 Å². The lowest BCUT2D eigenvalue weighted by Gasteiger charge is -2.18. The van der Waals surface area contributed by atoms with Crippen molar-refractivity contribution in [2.45, 2.75) is 374 Å². The van der Waals surface area contributed by atoms with Gasteiger partial charge in [-0.2, -0.15) is 0 Å². The highest BCUT2D eigenvalue weighted by Crippen LogP contribution is 2.18. The maximum Gasteiger partial charge on any atom is 0.306 e. The zero-order chi connectivity index (χ0) is 58.5. The van der Waals surface area contributed by atoms with Crippen LogP contribution in [0.5, 0.6) is 0 Å². The minimum absolute atomic E-state index is 0.0846. The zero-order valence-electron chi connectivity index (χ0n) is 54.1. The van der Waals surface area contributed by atoms with Crippen LogP contribution in [0.4, 0.5) is 0 Å². The van der Waals surface area contributed by atoms with E-state index in [1.165, 1.54) is 225 Å². The molecule has 1 atom stereocenters. The summed E-state index contributed by atoms with van der Waals surface area (Å²) in [6, 6.07) is 0. The Morgan fingerprint density at radius 2 is 0.481 bits per heavy atom. The van der Waals surface area contributed by atoms with Crippen molar-refractivity contribution in [2.24, 2.45) is 0 Å². The SMILES string of the molecule is CC/C=C\C/C=C\C/C=C\CCCCCC(=O)OCC(COC(=O)CCCCCCCCCCCCCCCCCCCCCCCCC/C=C\C/C=C\CCCCCCC)OC(=O)CCCCCCC/C=C\CCCCCCCC. The van der Waals surface area contributed by atoms with Crippen molar-refractivity contribution < 1.29 is 28.6 Å². The average Bonchev–Trinajstić information content (AvgIpc) is 3.46. The molecule has 0 fully saturated rings. The molecule has 0 N–H and O–H groups in total. The Morgan fingerprint density at radius 1 is 0.259 bits per heavy atom. The summed E-state index contributed by atoms with van der Waals surface area (Å²) >= 11 is 0. The first-order valence-electron chi connectivity index (χ1n) is 35.4. The monoisotopic (exact) mass is 1130 g/mol. The van der Waals surface area contributed by atoms with Gasteiger partial charge in [-0.25, -0.2) is 0 Å². The first-order chi connectivity index (χ1) is 40.0. The van der Waals surface area contributed by atoms with E-state index in [1.807, 2.05) is 0 Å². The molecule has 0 spiro atoms. The van der Waals surface area contributed by atoms with E-state index in [0.717, 1.165) is 103 Å². The summed E-state index contributed by atoms with van der Waals surface area (Å²) in [4.78, 5) is 38.3. The Kier molecular flexibility index (Phi) is 66.6. The smallest absolute Gasteiger partial charge is 0.306 e. The molecule has 0 aromatic carbocycles. The molecule has 81 heavy (non-hydrogen) atoms. The predicted molar refractivity (Wildman–Crippen MR) is 353 cm³/mol. The van der Waals surface area contributed by atoms with Crippen LogP contribution in [0.1, 0.15) is 367 Å². The number of ether oxygens (including phenoxy) is 3. The van der Waals surface area contributed by atoms with Gasteiger partial charge in [0, 0.05) is 19.3 Å². The third-order valence-corrected chi connectivity index (χ3v) is 15.7. The summed E-state index contributed by atoms with van der Waals surface area (Å²) < 4.78 is 16.9. The molecule has 0 aliphatic rings. The summed E-state index contributed by atoms with van der Waals surface area (Å²) in [5.74, 6) is -0.906. The van der Waals surface area contributed by atoms with Crippen LogP contribution in [0.25, 0.3) is 0 Å². The molecule has 0 bridgehead atoms. The lowest BCUT2D eigenvalue weighted by atomic mass is 10.0. The van der Waals surface area contributed by atoms with Crippen LogP contribution in [-0.2, 0) is 28.6 Å². The standard InChI is InChI=1S/C75H134O6/c1-4-7-10-13-16-19-22-25-27-28-29-30-31-32-33-34-35-36-37-38-39-40-41-42-43-44-45-46-48-50-53-56-59-62-65-68-74(77)80-71-72(70-79-73(76)67-64-61-58-55-52-49-24-21-18-15-12-9-6-3)81-75(78)69-66-63-60-57-54-51-47-26-23-20-17-14-11-8-5-2/h9,12,18,21-22,25-26,28-29,47,49,52,72H,4-8,10-11,13-17,19-20,23-24,27,30-46,48,50-51,53-71H2,1-3H3/b12-9-,21-18-,25-22-,29-28-,47-26-,52-49-. The van der Waals surface area contributed by atoms with Gasteiger partial charge in [0.15, 0.2) is 6.10 Å². The number of allylic oxidation sites excluding steroid dienone is 12. The molecule has 0 rings (SSSR count). The molecule has 0 aliphatic carbocycles. The number of carbonyl (C=O) groups is 3. The molecule has 470 valence electrons. The molecule has 0 aromatic heterocycles. The van der Waals surface area contributed by atoms with Crippen molar-refractivity contribution >= 4 is 17.9 Å². The molecule has 0 heterocycles. The van der Waals surface area contributed by atoms with Crippen LogP contribution in [0.15, 0.2) is 72.9 Å². The van der Waals surface area contributed by atoms with Gasteiger partial charge < -0.3 is 14.2 Å². The van der Waals surface area contributed by atoms with Crippen molar-refractivity contribution in [3.63, 3.8) is 0 Å². The van der Waals surface area contributed by atoms with E-state index in [2.05, 4.69) is 93.7 Å². The molecule has 0 aromatic rings. The molecule has 1 unspecified atom stereocenters. The molecule has 0 aliphatic heterocycles. The molecule has 6 nitrogen and oxygen atoms in total. The maximum absolute atomic E-state index is 12.9. The zero-order valence-corrected chi connectivity index (χ0v) is 54.1. The van der Waals surface area contributed by atoms with Gasteiger partial charge in [0.05, 0.1) is 0 Å². The van der Waals surface area contributed by atoms with Crippen LogP contribution in [0, 0.1) is 0 Å². The second kappa shape index (κ2) is 69.3. The number of esters is 3. The van der Waals surface area contributed by atoms with E-state index in [0.29, 0.717) is 19.3 Å². The Balaban J connectivity index is 4.08. The largest absolute Gasteiger partial charge is 0.462 e. The number of hydrogen-bond donors (Lipinski definition) is 0. The molecular weight excluding hydrogens is 997 g/mol. The van der Waals surface area contributed by atoms with Gasteiger partial charge in [-0.15, -0.1) is 0 Å². The third-order valence-electron chi connectivity index (χ3n) is 15.7. The molecular formula is C75H134O6. The third kappa shape index (κ3) is 67.5. The second-order valence-electron chi connectivity index (χ2n) is 23.8. The molecule has 0 saturated carbocycles. The van der Waals surface area contributed by atoms with E-state index in [1.54, 1.807) is 0 Å². The summed E-state index contributed by atoms with van der Waals surface area (Å²) in [6.45, 7) is 6.52. The van der Waals surface area contributed by atoms with Gasteiger partial charge in [-0.05, 0) is 109 Å². The van der Waals surface area contributed by atoms with Gasteiger partial charge in [0.2, 0.25) is 0 Å². The fourth-order valence-corrected chi connectivity index (χ4v) is 10.4. The van der Waals surface area contributed by atoms with Gasteiger partial charge in [0.1, 0.15) is 13.2 Å². The van der Waals surface area contributed by atoms with E-state index >= 15 is 0 Å². The lowest BCUT2D eigenvalue weighted by Crippen LogP contribution is -2.30. The number of unbranched alkanes of at least 4 members (excludes halogenated alkanes) is 42. The summed E-state index contributed by atoms with van der Waals surface area (Å²) in [7, 11) is 0. The van der Waals surface area contributed by atoms with Crippen molar-refractivity contribution in [1.82, 2.24) is 0 Å². The normalized spacial score (nSPS) is 12.5. The highest BCUT2D eigenvalue weighted by Gasteiger charge is 2.19. The Labute approximate surface area is 503 Å². The average molecular weight is 1130 g/mol. The number of rotatable bonds is 65. The topological polar surface area (TPSA) is 78.9 Å². The van der Waals surface area contributed by atoms with Crippen LogP contribution in [0.2, 0.25) is 0 Å². The van der Waals surface area contributed by atoms with E-state index in [9.17, 15) is 14.4 Å². The molecule has 0 saturated heterocycles. The van der Waals surface area contributed by atoms with Gasteiger partial charge in [0.25, 0.3) is 0 Å². The first kappa shape index (κ1) is 77.9. The summed E-state index contributed by atoms with van der Waals surface area (Å²) in [5, 5.41) is 0. The van der Waals surface area contributed by atoms with Crippen molar-refractivity contribution in [3.8, 4) is 0 Å². The van der Waals surface area contributed by atoms with Crippen LogP contribution in [0.3, 0.4) is 0 Å².